The second-order valence-electron chi connectivity index (χ2n) is 5.94. The van der Waals surface area contributed by atoms with Gasteiger partial charge >= 0.3 is 0 Å². The summed E-state index contributed by atoms with van der Waals surface area (Å²) in [5.74, 6) is 1.53. The van der Waals surface area contributed by atoms with Crippen molar-refractivity contribution in [2.75, 3.05) is 18.4 Å². The molecular weight excluding hydrogens is 376 g/mol. The van der Waals surface area contributed by atoms with Crippen molar-refractivity contribution in [1.82, 2.24) is 14.9 Å². The van der Waals surface area contributed by atoms with Crippen LogP contribution in [0.4, 0.5) is 5.82 Å². The highest BCUT2D eigenvalue weighted by Crippen LogP contribution is 2.19. The Bertz CT molecular complexity index is 634. The van der Waals surface area contributed by atoms with Gasteiger partial charge in [-0.25, -0.2) is 9.97 Å². The van der Waals surface area contributed by atoms with E-state index < -0.39 is 0 Å². The summed E-state index contributed by atoms with van der Waals surface area (Å²) >= 11 is 9.47. The molecule has 1 aromatic carbocycles. The lowest BCUT2D eigenvalue weighted by Gasteiger charge is -2.32. The van der Waals surface area contributed by atoms with Crippen LogP contribution in [0.15, 0.2) is 34.8 Å². The number of benzene rings is 1. The maximum atomic E-state index is 5.99. The zero-order chi connectivity index (χ0) is 16.2. The van der Waals surface area contributed by atoms with Crippen LogP contribution < -0.4 is 5.32 Å². The van der Waals surface area contributed by atoms with E-state index in [0.29, 0.717) is 17.0 Å². The van der Waals surface area contributed by atoms with Gasteiger partial charge in [-0.3, -0.25) is 4.90 Å². The highest BCUT2D eigenvalue weighted by molar-refractivity contribution is 9.10. The summed E-state index contributed by atoms with van der Waals surface area (Å²) in [6, 6.07) is 10.8. The molecule has 1 aliphatic heterocycles. The van der Waals surface area contributed by atoms with Crippen molar-refractivity contribution in [1.29, 1.82) is 0 Å². The molecule has 1 saturated heterocycles. The maximum absolute atomic E-state index is 5.99. The monoisotopic (exact) mass is 394 g/mol. The molecule has 0 bridgehead atoms. The van der Waals surface area contributed by atoms with Gasteiger partial charge in [0.05, 0.1) is 0 Å². The standard InChI is InChI=1S/C17H20BrClN4/c1-12-20-16(19)10-17(21-12)22-15-6-8-23(9-7-15)11-13-2-4-14(18)5-3-13/h2-5,10,15H,6-9,11H2,1H3,(H,20,21,22). The Balaban J connectivity index is 1.51. The maximum Gasteiger partial charge on any atom is 0.134 e. The third-order valence-corrected chi connectivity index (χ3v) is 4.79. The first-order chi connectivity index (χ1) is 11.1. The van der Waals surface area contributed by atoms with E-state index in [2.05, 4.69) is 60.4 Å². The largest absolute Gasteiger partial charge is 0.367 e. The number of likely N-dealkylation sites (tertiary alicyclic amines) is 1. The van der Waals surface area contributed by atoms with Crippen LogP contribution in [0, 0.1) is 6.92 Å². The SMILES string of the molecule is Cc1nc(Cl)cc(NC2CCN(Cc3ccc(Br)cc3)CC2)n1. The fourth-order valence-corrected chi connectivity index (χ4v) is 3.39. The first-order valence-corrected chi connectivity index (χ1v) is 9.00. The normalized spacial score (nSPS) is 16.5. The number of aromatic nitrogens is 2. The fourth-order valence-electron chi connectivity index (χ4n) is 2.90. The summed E-state index contributed by atoms with van der Waals surface area (Å²) in [6.45, 7) is 5.05. The molecule has 0 aliphatic carbocycles. The number of hydrogen-bond donors (Lipinski definition) is 1. The van der Waals surface area contributed by atoms with E-state index in [1.54, 1.807) is 6.07 Å². The zero-order valence-corrected chi connectivity index (χ0v) is 15.4. The van der Waals surface area contributed by atoms with Gasteiger partial charge in [-0.15, -0.1) is 0 Å². The van der Waals surface area contributed by atoms with Crippen LogP contribution in [0.5, 0.6) is 0 Å². The smallest absolute Gasteiger partial charge is 0.134 e. The Kier molecular flexibility index (Phi) is 5.51. The van der Waals surface area contributed by atoms with E-state index in [1.807, 2.05) is 6.92 Å². The quantitative estimate of drug-likeness (QED) is 0.785. The fraction of sp³-hybridized carbons (Fsp3) is 0.412. The molecule has 1 fully saturated rings. The number of rotatable bonds is 4. The molecule has 1 N–H and O–H groups in total. The number of nitrogens with one attached hydrogen (secondary N) is 1. The molecule has 2 heterocycles. The topological polar surface area (TPSA) is 41.1 Å². The van der Waals surface area contributed by atoms with Crippen molar-refractivity contribution in [3.05, 3.63) is 51.3 Å². The predicted molar refractivity (Wildman–Crippen MR) is 97.8 cm³/mol. The summed E-state index contributed by atoms with van der Waals surface area (Å²) in [7, 11) is 0. The third kappa shape index (κ3) is 4.90. The average Bonchev–Trinajstić information content (AvgIpc) is 2.50. The van der Waals surface area contributed by atoms with Crippen LogP contribution in [0.1, 0.15) is 24.2 Å². The van der Waals surface area contributed by atoms with Gasteiger partial charge in [-0.1, -0.05) is 39.7 Å². The predicted octanol–water partition coefficient (Wildman–Crippen LogP) is 4.28. The summed E-state index contributed by atoms with van der Waals surface area (Å²) in [5, 5.41) is 3.98. The molecule has 0 saturated carbocycles. The summed E-state index contributed by atoms with van der Waals surface area (Å²) in [4.78, 5) is 11.0. The lowest BCUT2D eigenvalue weighted by Crippen LogP contribution is -2.38. The zero-order valence-electron chi connectivity index (χ0n) is 13.1. The van der Waals surface area contributed by atoms with E-state index in [1.165, 1.54) is 5.56 Å². The third-order valence-electron chi connectivity index (χ3n) is 4.07. The first-order valence-electron chi connectivity index (χ1n) is 7.83. The Morgan fingerprint density at radius 1 is 1.22 bits per heavy atom. The van der Waals surface area contributed by atoms with Crippen LogP contribution in [-0.2, 0) is 6.54 Å². The van der Waals surface area contributed by atoms with Crippen molar-refractivity contribution in [3.8, 4) is 0 Å². The molecule has 0 radical (unpaired) electrons. The van der Waals surface area contributed by atoms with Crippen LogP contribution in [-0.4, -0.2) is 34.0 Å². The van der Waals surface area contributed by atoms with Crippen LogP contribution in [0.2, 0.25) is 5.15 Å². The van der Waals surface area contributed by atoms with Gasteiger partial charge in [0.2, 0.25) is 0 Å². The van der Waals surface area contributed by atoms with Gasteiger partial charge in [0.1, 0.15) is 16.8 Å². The molecule has 4 nitrogen and oxygen atoms in total. The Labute approximate surface area is 150 Å². The minimum atomic E-state index is 0.446. The van der Waals surface area contributed by atoms with Crippen LogP contribution in [0.3, 0.4) is 0 Å². The summed E-state index contributed by atoms with van der Waals surface area (Å²) < 4.78 is 1.13. The summed E-state index contributed by atoms with van der Waals surface area (Å²) in [5.41, 5.74) is 1.36. The number of hydrogen-bond acceptors (Lipinski definition) is 4. The number of anilines is 1. The Hall–Kier alpha value is -1.17. The molecule has 0 spiro atoms. The molecule has 23 heavy (non-hydrogen) atoms. The molecule has 0 amide bonds. The minimum Gasteiger partial charge on any atom is -0.367 e. The van der Waals surface area contributed by atoms with E-state index in [0.717, 1.165) is 42.8 Å². The van der Waals surface area contributed by atoms with Crippen LogP contribution >= 0.6 is 27.5 Å². The highest BCUT2D eigenvalue weighted by atomic mass is 79.9. The van der Waals surface area contributed by atoms with Crippen molar-refractivity contribution in [2.24, 2.45) is 0 Å². The van der Waals surface area contributed by atoms with Gasteiger partial charge in [0, 0.05) is 36.2 Å². The molecule has 1 aromatic heterocycles. The van der Waals surface area contributed by atoms with Crippen LogP contribution in [0.25, 0.3) is 0 Å². The van der Waals surface area contributed by atoms with E-state index >= 15 is 0 Å². The molecule has 122 valence electrons. The molecule has 0 unspecified atom stereocenters. The second kappa shape index (κ2) is 7.60. The first kappa shape index (κ1) is 16.7. The van der Waals surface area contributed by atoms with E-state index in [9.17, 15) is 0 Å². The lowest BCUT2D eigenvalue weighted by atomic mass is 10.0. The molecule has 3 rings (SSSR count). The van der Waals surface area contributed by atoms with Crippen molar-refractivity contribution in [2.45, 2.75) is 32.4 Å². The van der Waals surface area contributed by atoms with Crippen molar-refractivity contribution in [3.63, 3.8) is 0 Å². The number of aryl methyl sites for hydroxylation is 1. The highest BCUT2D eigenvalue weighted by Gasteiger charge is 2.19. The Morgan fingerprint density at radius 2 is 1.91 bits per heavy atom. The van der Waals surface area contributed by atoms with Gasteiger partial charge in [-0.05, 0) is 37.5 Å². The van der Waals surface area contributed by atoms with Gasteiger partial charge in [-0.2, -0.15) is 0 Å². The van der Waals surface area contributed by atoms with Gasteiger partial charge in [0.25, 0.3) is 0 Å². The summed E-state index contributed by atoms with van der Waals surface area (Å²) in [6.07, 6.45) is 2.22. The van der Waals surface area contributed by atoms with Gasteiger partial charge in [0.15, 0.2) is 0 Å². The molecule has 1 aliphatic rings. The van der Waals surface area contributed by atoms with E-state index in [-0.39, 0.29) is 0 Å². The van der Waals surface area contributed by atoms with Gasteiger partial charge < -0.3 is 5.32 Å². The molecule has 0 atom stereocenters. The second-order valence-corrected chi connectivity index (χ2v) is 7.25. The molecule has 6 heteroatoms. The molecular formula is C17H20BrClN4. The lowest BCUT2D eigenvalue weighted by molar-refractivity contribution is 0.211. The van der Waals surface area contributed by atoms with E-state index in [4.69, 9.17) is 11.6 Å². The number of halogens is 2. The Morgan fingerprint density at radius 3 is 2.57 bits per heavy atom. The van der Waals surface area contributed by atoms with Crippen molar-refractivity contribution < 1.29 is 0 Å². The number of piperidine rings is 1. The average molecular weight is 396 g/mol. The van der Waals surface area contributed by atoms with Crippen molar-refractivity contribution >= 4 is 33.3 Å². The number of nitrogens with zero attached hydrogens (tertiary/aromatic N) is 3. The minimum absolute atomic E-state index is 0.446. The molecule has 2 aromatic rings.